The second-order valence-corrected chi connectivity index (χ2v) is 9.14. The average Bonchev–Trinajstić information content (AvgIpc) is 3.36. The van der Waals surface area contributed by atoms with Crippen molar-refractivity contribution in [1.29, 1.82) is 0 Å². The van der Waals surface area contributed by atoms with E-state index in [1.165, 1.54) is 60.8 Å². The van der Waals surface area contributed by atoms with Crippen molar-refractivity contribution in [2.24, 2.45) is 5.92 Å². The molecule has 1 saturated carbocycles. The van der Waals surface area contributed by atoms with Gasteiger partial charge < -0.3 is 0 Å². The molecule has 28 heavy (non-hydrogen) atoms. The molecule has 0 aromatic carbocycles. The van der Waals surface area contributed by atoms with E-state index < -0.39 is 0 Å². The SMILES string of the molecule is CC1CCCCC(c2cnc3c(-c4ccnc5ccsc45)cnn3c2)CCC1. The number of hydrogen-bond acceptors (Lipinski definition) is 4. The van der Waals surface area contributed by atoms with Crippen LogP contribution in [0.25, 0.3) is 27.0 Å². The third-order valence-electron chi connectivity index (χ3n) is 6.23. The number of thiophene rings is 1. The summed E-state index contributed by atoms with van der Waals surface area (Å²) >= 11 is 1.73. The molecule has 5 heteroatoms. The largest absolute Gasteiger partial charge is 0.255 e. The Morgan fingerprint density at radius 3 is 2.79 bits per heavy atom. The normalized spacial score (nSPS) is 21.5. The molecule has 4 heterocycles. The molecule has 4 nitrogen and oxygen atoms in total. The zero-order valence-corrected chi connectivity index (χ0v) is 17.2. The summed E-state index contributed by atoms with van der Waals surface area (Å²) in [6.45, 7) is 2.41. The molecule has 144 valence electrons. The van der Waals surface area contributed by atoms with Gasteiger partial charge in [-0.1, -0.05) is 39.0 Å². The number of rotatable bonds is 2. The smallest absolute Gasteiger partial charge is 0.162 e. The van der Waals surface area contributed by atoms with E-state index in [4.69, 9.17) is 4.98 Å². The highest BCUT2D eigenvalue weighted by atomic mass is 32.1. The summed E-state index contributed by atoms with van der Waals surface area (Å²) in [7, 11) is 0. The van der Waals surface area contributed by atoms with Gasteiger partial charge in [0.15, 0.2) is 5.65 Å². The zero-order valence-electron chi connectivity index (χ0n) is 16.3. The summed E-state index contributed by atoms with van der Waals surface area (Å²) in [5, 5.41) is 6.75. The van der Waals surface area contributed by atoms with E-state index in [-0.39, 0.29) is 0 Å². The fraction of sp³-hybridized carbons (Fsp3) is 0.435. The van der Waals surface area contributed by atoms with Crippen molar-refractivity contribution in [3.63, 3.8) is 0 Å². The zero-order chi connectivity index (χ0) is 18.9. The van der Waals surface area contributed by atoms with Crippen molar-refractivity contribution in [3.8, 4) is 11.1 Å². The Morgan fingerprint density at radius 1 is 0.964 bits per heavy atom. The molecule has 1 aliphatic rings. The Morgan fingerprint density at radius 2 is 1.82 bits per heavy atom. The summed E-state index contributed by atoms with van der Waals surface area (Å²) in [5.74, 6) is 1.49. The molecule has 0 spiro atoms. The Balaban J connectivity index is 1.49. The van der Waals surface area contributed by atoms with E-state index in [0.717, 1.165) is 22.6 Å². The van der Waals surface area contributed by atoms with Crippen LogP contribution in [0.4, 0.5) is 0 Å². The van der Waals surface area contributed by atoms with Crippen LogP contribution < -0.4 is 0 Å². The van der Waals surface area contributed by atoms with Gasteiger partial charge in [0.25, 0.3) is 0 Å². The maximum absolute atomic E-state index is 4.86. The molecule has 0 radical (unpaired) electrons. The van der Waals surface area contributed by atoms with Crippen LogP contribution in [0.1, 0.15) is 63.4 Å². The highest BCUT2D eigenvalue weighted by Crippen LogP contribution is 2.35. The molecule has 2 atom stereocenters. The number of aromatic nitrogens is 4. The van der Waals surface area contributed by atoms with Crippen LogP contribution in [0.2, 0.25) is 0 Å². The first-order valence-corrected chi connectivity index (χ1v) is 11.3. The molecule has 4 aromatic heterocycles. The molecule has 0 bridgehead atoms. The van der Waals surface area contributed by atoms with Crippen molar-refractivity contribution in [1.82, 2.24) is 19.6 Å². The van der Waals surface area contributed by atoms with Crippen molar-refractivity contribution in [2.75, 3.05) is 0 Å². The van der Waals surface area contributed by atoms with Crippen molar-refractivity contribution >= 4 is 27.2 Å². The topological polar surface area (TPSA) is 43.1 Å². The summed E-state index contributed by atoms with van der Waals surface area (Å²) in [6.07, 6.45) is 17.4. The Hall–Kier alpha value is -2.27. The van der Waals surface area contributed by atoms with Gasteiger partial charge in [0.1, 0.15) is 0 Å². The quantitative estimate of drug-likeness (QED) is 0.394. The highest BCUT2D eigenvalue weighted by molar-refractivity contribution is 7.17. The second-order valence-electron chi connectivity index (χ2n) is 8.22. The second kappa shape index (κ2) is 7.63. The predicted molar refractivity (Wildman–Crippen MR) is 116 cm³/mol. The van der Waals surface area contributed by atoms with Crippen LogP contribution in [0, 0.1) is 5.92 Å². The van der Waals surface area contributed by atoms with Crippen LogP contribution in [-0.4, -0.2) is 19.6 Å². The van der Waals surface area contributed by atoms with E-state index in [0.29, 0.717) is 5.92 Å². The predicted octanol–water partition coefficient (Wildman–Crippen LogP) is 6.47. The summed E-state index contributed by atoms with van der Waals surface area (Å²) in [4.78, 5) is 9.32. The summed E-state index contributed by atoms with van der Waals surface area (Å²) in [6, 6.07) is 4.14. The standard InChI is InChI=1S/C23H26N4S/c1-16-5-2-3-7-17(8-4-6-16)18-13-25-23-20(14-26-27(23)15-18)19-9-11-24-21-10-12-28-22(19)21/h9-17H,2-8H2,1H3. The number of fused-ring (bicyclic) bond motifs is 2. The van der Waals surface area contributed by atoms with Gasteiger partial charge >= 0.3 is 0 Å². The van der Waals surface area contributed by atoms with E-state index in [2.05, 4.69) is 46.9 Å². The number of pyridine rings is 1. The molecular weight excluding hydrogens is 364 g/mol. The van der Waals surface area contributed by atoms with Crippen molar-refractivity contribution in [3.05, 3.63) is 47.9 Å². The average molecular weight is 391 g/mol. The third-order valence-corrected chi connectivity index (χ3v) is 7.17. The van der Waals surface area contributed by atoms with Crippen LogP contribution in [0.5, 0.6) is 0 Å². The van der Waals surface area contributed by atoms with Crippen LogP contribution >= 0.6 is 11.3 Å². The molecule has 0 aliphatic heterocycles. The van der Waals surface area contributed by atoms with Gasteiger partial charge in [-0.2, -0.15) is 5.10 Å². The minimum atomic E-state index is 0.611. The van der Waals surface area contributed by atoms with E-state index in [1.54, 1.807) is 11.3 Å². The lowest BCUT2D eigenvalue weighted by Gasteiger charge is -2.16. The Labute approximate surface area is 169 Å². The minimum Gasteiger partial charge on any atom is -0.255 e. The Bertz CT molecular complexity index is 1100. The molecule has 0 saturated heterocycles. The van der Waals surface area contributed by atoms with Crippen LogP contribution in [0.15, 0.2) is 42.3 Å². The van der Waals surface area contributed by atoms with Gasteiger partial charge in [-0.15, -0.1) is 11.3 Å². The lowest BCUT2D eigenvalue weighted by atomic mass is 9.91. The lowest BCUT2D eigenvalue weighted by Crippen LogP contribution is -2.03. The summed E-state index contributed by atoms with van der Waals surface area (Å²) in [5.41, 5.74) is 5.57. The number of nitrogens with zero attached hydrogens (tertiary/aromatic N) is 4. The fourth-order valence-corrected chi connectivity index (χ4v) is 5.47. The fourth-order valence-electron chi connectivity index (χ4n) is 4.59. The highest BCUT2D eigenvalue weighted by Gasteiger charge is 2.18. The van der Waals surface area contributed by atoms with E-state index >= 15 is 0 Å². The van der Waals surface area contributed by atoms with E-state index in [9.17, 15) is 0 Å². The molecule has 5 rings (SSSR count). The van der Waals surface area contributed by atoms with Gasteiger partial charge in [-0.05, 0) is 47.8 Å². The molecule has 1 aliphatic carbocycles. The van der Waals surface area contributed by atoms with Gasteiger partial charge in [-0.25, -0.2) is 9.50 Å². The third kappa shape index (κ3) is 3.32. The van der Waals surface area contributed by atoms with Gasteiger partial charge in [0.2, 0.25) is 0 Å². The molecule has 1 fully saturated rings. The Kier molecular flexibility index (Phi) is 4.85. The molecule has 0 N–H and O–H groups in total. The maximum Gasteiger partial charge on any atom is 0.162 e. The molecule has 0 amide bonds. The lowest BCUT2D eigenvalue weighted by molar-refractivity contribution is 0.462. The first-order valence-electron chi connectivity index (χ1n) is 10.5. The monoisotopic (exact) mass is 390 g/mol. The summed E-state index contributed by atoms with van der Waals surface area (Å²) < 4.78 is 3.17. The molecule has 2 unspecified atom stereocenters. The minimum absolute atomic E-state index is 0.611. The van der Waals surface area contributed by atoms with E-state index in [1.807, 2.05) is 16.9 Å². The first kappa shape index (κ1) is 17.8. The van der Waals surface area contributed by atoms with Crippen LogP contribution in [-0.2, 0) is 0 Å². The van der Waals surface area contributed by atoms with Gasteiger partial charge in [-0.3, -0.25) is 4.98 Å². The van der Waals surface area contributed by atoms with Crippen molar-refractivity contribution in [2.45, 2.75) is 57.8 Å². The maximum atomic E-state index is 4.86. The first-order chi connectivity index (χ1) is 13.8. The van der Waals surface area contributed by atoms with Crippen LogP contribution in [0.3, 0.4) is 0 Å². The number of hydrogen-bond donors (Lipinski definition) is 0. The van der Waals surface area contributed by atoms with Crippen molar-refractivity contribution < 1.29 is 0 Å². The van der Waals surface area contributed by atoms with Gasteiger partial charge in [0.05, 0.1) is 16.4 Å². The molecular formula is C23H26N4S. The molecule has 4 aromatic rings. The van der Waals surface area contributed by atoms with Gasteiger partial charge in [0, 0.05) is 29.7 Å².